The van der Waals surface area contributed by atoms with E-state index in [1.54, 1.807) is 6.07 Å². The Morgan fingerprint density at radius 1 is 1.50 bits per heavy atom. The Hall–Kier alpha value is -0.890. The first-order chi connectivity index (χ1) is 5.74. The first-order valence-corrected chi connectivity index (χ1v) is 4.12. The van der Waals surface area contributed by atoms with Gasteiger partial charge in [-0.25, -0.2) is 4.39 Å². The predicted molar refractivity (Wildman–Crippen MR) is 46.1 cm³/mol. The van der Waals surface area contributed by atoms with E-state index in [1.165, 1.54) is 18.2 Å². The highest BCUT2D eigenvalue weighted by Gasteiger charge is 2.04. The summed E-state index contributed by atoms with van der Waals surface area (Å²) >= 11 is 5.37. The quantitative estimate of drug-likeness (QED) is 0.524. The second kappa shape index (κ2) is 4.21. The highest BCUT2D eigenvalue weighted by atomic mass is 35.5. The van der Waals surface area contributed by atoms with Gasteiger partial charge in [-0.05, 0) is 12.1 Å². The average Bonchev–Trinajstić information content (AvgIpc) is 2.05. The Labute approximate surface area is 75.2 Å². The number of carbonyl (C=O) groups is 1. The van der Waals surface area contributed by atoms with E-state index in [0.717, 1.165) is 0 Å². The van der Waals surface area contributed by atoms with E-state index in [0.29, 0.717) is 5.56 Å². The Morgan fingerprint density at radius 2 is 2.25 bits per heavy atom. The molecular formula is C9H8ClFO. The van der Waals surface area contributed by atoms with Crippen LogP contribution in [-0.4, -0.2) is 11.7 Å². The molecule has 0 unspecified atom stereocenters. The topological polar surface area (TPSA) is 17.1 Å². The molecule has 0 fully saturated rings. The van der Waals surface area contributed by atoms with Gasteiger partial charge in [0.1, 0.15) is 5.82 Å². The monoisotopic (exact) mass is 186 g/mol. The maximum Gasteiger partial charge on any atom is 0.164 e. The van der Waals surface area contributed by atoms with Crippen LogP contribution in [0.3, 0.4) is 0 Å². The van der Waals surface area contributed by atoms with Gasteiger partial charge in [0.05, 0.1) is 0 Å². The van der Waals surface area contributed by atoms with Crippen LogP contribution in [0.1, 0.15) is 16.8 Å². The lowest BCUT2D eigenvalue weighted by atomic mass is 10.1. The number of Topliss-reactive ketones (excluding diaryl/α,β-unsaturated/α-hetero) is 1. The Kier molecular flexibility index (Phi) is 3.23. The second-order valence-electron chi connectivity index (χ2n) is 2.37. The molecule has 0 aromatic heterocycles. The van der Waals surface area contributed by atoms with E-state index in [1.807, 2.05) is 0 Å². The summed E-state index contributed by atoms with van der Waals surface area (Å²) < 4.78 is 12.6. The van der Waals surface area contributed by atoms with Crippen molar-refractivity contribution < 1.29 is 9.18 Å². The first kappa shape index (κ1) is 9.20. The van der Waals surface area contributed by atoms with Crippen LogP contribution in [-0.2, 0) is 0 Å². The Balaban J connectivity index is 2.81. The first-order valence-electron chi connectivity index (χ1n) is 3.59. The summed E-state index contributed by atoms with van der Waals surface area (Å²) in [6.45, 7) is 0. The van der Waals surface area contributed by atoms with E-state index >= 15 is 0 Å². The van der Waals surface area contributed by atoms with Crippen LogP contribution >= 0.6 is 11.6 Å². The molecule has 0 aliphatic heterocycles. The molecule has 0 radical (unpaired) electrons. The van der Waals surface area contributed by atoms with Gasteiger partial charge in [0.25, 0.3) is 0 Å². The predicted octanol–water partition coefficient (Wildman–Crippen LogP) is 2.64. The summed E-state index contributed by atoms with van der Waals surface area (Å²) in [6, 6.07) is 5.61. The molecule has 1 aromatic carbocycles. The van der Waals surface area contributed by atoms with E-state index in [9.17, 15) is 9.18 Å². The molecule has 0 saturated heterocycles. The number of benzene rings is 1. The third-order valence-corrected chi connectivity index (χ3v) is 1.66. The molecule has 0 saturated carbocycles. The van der Waals surface area contributed by atoms with Crippen LogP contribution < -0.4 is 0 Å². The van der Waals surface area contributed by atoms with Gasteiger partial charge >= 0.3 is 0 Å². The van der Waals surface area contributed by atoms with Crippen molar-refractivity contribution >= 4 is 17.4 Å². The fourth-order valence-corrected chi connectivity index (χ4v) is 1.06. The highest BCUT2D eigenvalue weighted by molar-refractivity contribution is 6.19. The lowest BCUT2D eigenvalue weighted by Crippen LogP contribution is -1.99. The number of hydrogen-bond donors (Lipinski definition) is 0. The van der Waals surface area contributed by atoms with Crippen molar-refractivity contribution in [1.29, 1.82) is 0 Å². The van der Waals surface area contributed by atoms with E-state index in [-0.39, 0.29) is 18.1 Å². The van der Waals surface area contributed by atoms with Gasteiger partial charge in [-0.3, -0.25) is 4.79 Å². The lowest BCUT2D eigenvalue weighted by molar-refractivity contribution is 0.0989. The number of alkyl halides is 1. The smallest absolute Gasteiger partial charge is 0.164 e. The van der Waals surface area contributed by atoms with E-state index in [4.69, 9.17) is 11.6 Å². The summed E-state index contributed by atoms with van der Waals surface area (Å²) in [5.41, 5.74) is 0.385. The largest absolute Gasteiger partial charge is 0.294 e. The molecule has 0 heterocycles. The van der Waals surface area contributed by atoms with Gasteiger partial charge in [-0.2, -0.15) is 0 Å². The minimum absolute atomic E-state index is 0.121. The van der Waals surface area contributed by atoms with Crippen molar-refractivity contribution in [2.45, 2.75) is 6.42 Å². The van der Waals surface area contributed by atoms with Crippen molar-refractivity contribution in [3.05, 3.63) is 35.6 Å². The van der Waals surface area contributed by atoms with Crippen molar-refractivity contribution in [3.63, 3.8) is 0 Å². The average molecular weight is 187 g/mol. The minimum atomic E-state index is -0.393. The molecule has 1 aromatic rings. The molecule has 0 amide bonds. The van der Waals surface area contributed by atoms with Gasteiger partial charge in [-0.1, -0.05) is 12.1 Å². The maximum atomic E-state index is 12.6. The van der Waals surface area contributed by atoms with Crippen molar-refractivity contribution in [3.8, 4) is 0 Å². The summed E-state index contributed by atoms with van der Waals surface area (Å²) in [6.07, 6.45) is 0.255. The fraction of sp³-hybridized carbons (Fsp3) is 0.222. The van der Waals surface area contributed by atoms with Crippen LogP contribution in [0.4, 0.5) is 4.39 Å². The zero-order valence-corrected chi connectivity index (χ0v) is 7.14. The van der Waals surface area contributed by atoms with Crippen molar-refractivity contribution in [2.75, 3.05) is 5.88 Å². The van der Waals surface area contributed by atoms with Crippen molar-refractivity contribution in [2.24, 2.45) is 0 Å². The Bertz CT molecular complexity index is 286. The van der Waals surface area contributed by atoms with E-state index in [2.05, 4.69) is 0 Å². The number of carbonyl (C=O) groups excluding carboxylic acids is 1. The molecule has 0 aliphatic rings. The zero-order chi connectivity index (χ0) is 8.97. The summed E-state index contributed by atoms with van der Waals surface area (Å²) in [5.74, 6) is -0.241. The molecule has 0 N–H and O–H groups in total. The second-order valence-corrected chi connectivity index (χ2v) is 2.75. The third kappa shape index (κ3) is 2.31. The van der Waals surface area contributed by atoms with E-state index < -0.39 is 5.82 Å². The van der Waals surface area contributed by atoms with Crippen LogP contribution in [0.15, 0.2) is 24.3 Å². The molecule has 3 heteroatoms. The van der Waals surface area contributed by atoms with Gasteiger partial charge in [-0.15, -0.1) is 11.6 Å². The van der Waals surface area contributed by atoms with Crippen LogP contribution in [0.5, 0.6) is 0 Å². The lowest BCUT2D eigenvalue weighted by Gasteiger charge is -1.97. The molecular weight excluding hydrogens is 179 g/mol. The SMILES string of the molecule is O=C(CCCl)c1cccc(F)c1. The van der Waals surface area contributed by atoms with Crippen LogP contribution in [0.25, 0.3) is 0 Å². The number of halogens is 2. The van der Waals surface area contributed by atoms with Gasteiger partial charge in [0, 0.05) is 17.9 Å². The number of ketones is 1. The molecule has 1 nitrogen and oxygen atoms in total. The summed E-state index contributed by atoms with van der Waals surface area (Å²) in [5, 5.41) is 0. The fourth-order valence-electron chi connectivity index (χ4n) is 0.892. The summed E-state index contributed by atoms with van der Waals surface area (Å²) in [7, 11) is 0. The molecule has 0 aliphatic carbocycles. The molecule has 0 bridgehead atoms. The number of hydrogen-bond acceptors (Lipinski definition) is 1. The standard InChI is InChI=1S/C9H8ClFO/c10-5-4-9(12)7-2-1-3-8(11)6-7/h1-3,6H,4-5H2. The summed E-state index contributed by atoms with van der Waals surface area (Å²) in [4.78, 5) is 11.1. The Morgan fingerprint density at radius 3 is 2.83 bits per heavy atom. The van der Waals surface area contributed by atoms with Gasteiger partial charge in [0.2, 0.25) is 0 Å². The van der Waals surface area contributed by atoms with Crippen LogP contribution in [0.2, 0.25) is 0 Å². The van der Waals surface area contributed by atoms with Crippen LogP contribution in [0, 0.1) is 5.82 Å². The molecule has 12 heavy (non-hydrogen) atoms. The third-order valence-electron chi connectivity index (χ3n) is 1.47. The molecule has 0 atom stereocenters. The maximum absolute atomic E-state index is 12.6. The molecule has 64 valence electrons. The normalized spacial score (nSPS) is 9.83. The van der Waals surface area contributed by atoms with Crippen molar-refractivity contribution in [1.82, 2.24) is 0 Å². The molecule has 1 rings (SSSR count). The molecule has 0 spiro atoms. The van der Waals surface area contributed by atoms with Gasteiger partial charge < -0.3 is 0 Å². The highest BCUT2D eigenvalue weighted by Crippen LogP contribution is 2.06. The zero-order valence-electron chi connectivity index (χ0n) is 6.39. The number of rotatable bonds is 3. The minimum Gasteiger partial charge on any atom is -0.294 e. The van der Waals surface area contributed by atoms with Gasteiger partial charge in [0.15, 0.2) is 5.78 Å².